The molecule has 21 aromatic carbocycles. The SMILES string of the molecule is c1ccc(-c2ccc(N(c3ccc(-c4ccccc4)cc3)c3ccc4c(c3)N(c3ccccc3)c3cc(N(c5ccccc5)c5ccccc5)cc5c3B4c3cc4c(cc3N5c3ccccc3)N(c3ccccc3)c3cc(N(c5ccccc5)c5ccccc5)cc5c3B4c3ccc(N(c4ccc(-c6ccccc6)cc4)c4ccc(-c6ccccc6)cc4)cc3N5c3ccccc3)cc2)cc1. The van der Waals surface area contributed by atoms with Gasteiger partial charge in [-0.3, -0.25) is 0 Å². The fourth-order valence-electron chi connectivity index (χ4n) is 21.2. The van der Waals surface area contributed by atoms with Crippen molar-refractivity contribution in [3.8, 4) is 44.5 Å². The van der Waals surface area contributed by atoms with Crippen molar-refractivity contribution in [1.29, 1.82) is 0 Å². The maximum atomic E-state index is 2.67. The molecule has 136 heavy (non-hydrogen) atoms. The Morgan fingerprint density at radius 3 is 0.537 bits per heavy atom. The lowest BCUT2D eigenvalue weighted by atomic mass is 9.30. The van der Waals surface area contributed by atoms with E-state index in [0.717, 1.165) is 181 Å². The third-order valence-corrected chi connectivity index (χ3v) is 27.3. The number of benzene rings is 21. The monoisotopic (exact) mass is 1730 g/mol. The van der Waals surface area contributed by atoms with E-state index in [2.05, 4.69) is 573 Å². The predicted octanol–water partition coefficient (Wildman–Crippen LogP) is 30.4. The predicted molar refractivity (Wildman–Crippen MR) is 575 cm³/mol. The fraction of sp³-hybridized carbons (Fsp3) is 0. The highest BCUT2D eigenvalue weighted by Crippen LogP contribution is 2.55. The number of fused-ring (bicyclic) bond motifs is 8. The van der Waals surface area contributed by atoms with Crippen LogP contribution in [-0.4, -0.2) is 13.4 Å². The summed E-state index contributed by atoms with van der Waals surface area (Å²) in [7, 11) is 0. The Labute approximate surface area is 794 Å². The number of nitrogens with zero attached hydrogens (tertiary/aromatic N) is 8. The molecule has 0 atom stereocenters. The Morgan fingerprint density at radius 2 is 0.301 bits per heavy atom. The van der Waals surface area contributed by atoms with Crippen LogP contribution in [-0.2, 0) is 0 Å². The zero-order valence-electron chi connectivity index (χ0n) is 74.5. The maximum Gasteiger partial charge on any atom is 0.252 e. The van der Waals surface area contributed by atoms with Crippen molar-refractivity contribution in [2.24, 2.45) is 0 Å². The number of hydrogen-bond donors (Lipinski definition) is 0. The Kier molecular flexibility index (Phi) is 20.3. The van der Waals surface area contributed by atoms with Crippen molar-refractivity contribution in [3.05, 3.63) is 534 Å². The van der Waals surface area contributed by atoms with Crippen LogP contribution in [0.2, 0.25) is 0 Å². The lowest BCUT2D eigenvalue weighted by molar-refractivity contribution is 1.21. The number of anilines is 24. The van der Waals surface area contributed by atoms with Crippen molar-refractivity contribution in [2.45, 2.75) is 0 Å². The van der Waals surface area contributed by atoms with Crippen molar-refractivity contribution in [3.63, 3.8) is 0 Å². The summed E-state index contributed by atoms with van der Waals surface area (Å²) in [6.07, 6.45) is 0. The summed E-state index contributed by atoms with van der Waals surface area (Å²) in [6.45, 7) is -0.733. The van der Waals surface area contributed by atoms with Crippen LogP contribution in [0.4, 0.5) is 136 Å². The molecule has 0 saturated carbocycles. The van der Waals surface area contributed by atoms with Gasteiger partial charge in [0.25, 0.3) is 13.4 Å². The van der Waals surface area contributed by atoms with Gasteiger partial charge in [0.15, 0.2) is 0 Å². The second-order valence-electron chi connectivity index (χ2n) is 35.1. The molecule has 4 heterocycles. The summed E-state index contributed by atoms with van der Waals surface area (Å²) in [5.74, 6) is 0. The van der Waals surface area contributed by atoms with E-state index >= 15 is 0 Å². The molecule has 25 rings (SSSR count). The van der Waals surface area contributed by atoms with E-state index in [1.54, 1.807) is 0 Å². The first-order chi connectivity index (χ1) is 67.5. The second-order valence-corrected chi connectivity index (χ2v) is 35.1. The number of rotatable bonds is 20. The molecule has 0 saturated heterocycles. The van der Waals surface area contributed by atoms with Gasteiger partial charge < -0.3 is 39.2 Å². The van der Waals surface area contributed by atoms with Crippen LogP contribution < -0.4 is 72.0 Å². The normalized spacial score (nSPS) is 12.3. The van der Waals surface area contributed by atoms with Crippen LogP contribution in [0, 0.1) is 0 Å². The molecule has 4 aliphatic heterocycles. The van der Waals surface area contributed by atoms with E-state index in [-0.39, 0.29) is 13.4 Å². The summed E-state index contributed by atoms with van der Waals surface area (Å²) in [5, 5.41) is 0. The topological polar surface area (TPSA) is 25.9 Å². The molecule has 0 spiro atoms. The van der Waals surface area contributed by atoms with Crippen molar-refractivity contribution in [1.82, 2.24) is 0 Å². The average molecular weight is 1740 g/mol. The number of hydrogen-bond acceptors (Lipinski definition) is 8. The van der Waals surface area contributed by atoms with Crippen LogP contribution in [0.3, 0.4) is 0 Å². The van der Waals surface area contributed by atoms with Crippen LogP contribution in [0.1, 0.15) is 0 Å². The standard InChI is InChI=1S/C126H88B2N8/c1-13-37-89(38-14-1)93-61-69-105(70-62-93)129(106-71-63-94(64-72-106)90-39-15-2-16-40-90)109-77-79-113-117(81-109)133(101-53-29-9-30-54-101)121-83-111(131(97-45-21-5-22-46-97)98-47-23-6-24-48-98)85-123-125(121)127(113)115-87-116-120(88-119(115)135(123)103-57-33-11-34-58-103)136(104-59-35-12-36-60-104)124-86-112(132(99-49-25-7-26-50-99)100-51-27-8-28-52-100)84-122-126(124)128(116)114-80-78-110(82-118(114)134(122)102-55-31-10-32-56-102)130(107-73-65-95(66-74-107)91-41-17-3-18-42-91)108-75-67-96(68-76-108)92-43-19-4-20-44-92/h1-88H. The third-order valence-electron chi connectivity index (χ3n) is 27.3. The first-order valence-corrected chi connectivity index (χ1v) is 46.8. The van der Waals surface area contributed by atoms with Gasteiger partial charge >= 0.3 is 0 Å². The molecule has 8 nitrogen and oxygen atoms in total. The van der Waals surface area contributed by atoms with Crippen molar-refractivity contribution >= 4 is 183 Å². The Hall–Kier alpha value is -17.9. The van der Waals surface area contributed by atoms with E-state index in [9.17, 15) is 0 Å². The second kappa shape index (κ2) is 34.5. The van der Waals surface area contributed by atoms with Gasteiger partial charge in [0, 0.05) is 125 Å². The molecule has 10 heteroatoms. The molecule has 0 amide bonds. The summed E-state index contributed by atoms with van der Waals surface area (Å²) >= 11 is 0. The first kappa shape index (κ1) is 80.2. The molecule has 0 fully saturated rings. The van der Waals surface area contributed by atoms with Gasteiger partial charge in [-0.1, -0.05) is 334 Å². The van der Waals surface area contributed by atoms with Gasteiger partial charge in [-0.25, -0.2) is 0 Å². The van der Waals surface area contributed by atoms with Gasteiger partial charge in [-0.15, -0.1) is 0 Å². The van der Waals surface area contributed by atoms with E-state index in [0.29, 0.717) is 0 Å². The Bertz CT molecular complexity index is 7210. The van der Waals surface area contributed by atoms with Gasteiger partial charge in [-0.2, -0.15) is 0 Å². The fourth-order valence-corrected chi connectivity index (χ4v) is 21.2. The molecule has 0 aliphatic carbocycles. The molecule has 0 N–H and O–H groups in total. The summed E-state index contributed by atoms with van der Waals surface area (Å²) in [6, 6.07) is 197. The van der Waals surface area contributed by atoms with Gasteiger partial charge in [0.1, 0.15) is 0 Å². The van der Waals surface area contributed by atoms with Crippen LogP contribution in [0.5, 0.6) is 0 Å². The van der Waals surface area contributed by atoms with Crippen LogP contribution >= 0.6 is 0 Å². The molecule has 21 aromatic rings. The minimum absolute atomic E-state index is 0.367. The van der Waals surface area contributed by atoms with Gasteiger partial charge in [0.2, 0.25) is 0 Å². The van der Waals surface area contributed by atoms with Crippen LogP contribution in [0.15, 0.2) is 534 Å². The minimum atomic E-state index is -0.367. The quantitative estimate of drug-likeness (QED) is 0.0697. The van der Waals surface area contributed by atoms with Crippen LogP contribution in [0.25, 0.3) is 44.5 Å². The highest BCUT2D eigenvalue weighted by molar-refractivity contribution is 7.03. The van der Waals surface area contributed by atoms with E-state index < -0.39 is 0 Å². The molecular formula is C126H88B2N8. The highest BCUT2D eigenvalue weighted by Gasteiger charge is 2.50. The summed E-state index contributed by atoms with van der Waals surface area (Å²) < 4.78 is 0. The zero-order chi connectivity index (χ0) is 89.9. The number of para-hydroxylation sites is 8. The molecule has 0 radical (unpaired) electrons. The third kappa shape index (κ3) is 14.3. The minimum Gasteiger partial charge on any atom is -0.311 e. The van der Waals surface area contributed by atoms with E-state index in [1.807, 2.05) is 0 Å². The summed E-state index contributed by atoms with van der Waals surface area (Å²) in [4.78, 5) is 20.1. The smallest absolute Gasteiger partial charge is 0.252 e. The Balaban J connectivity index is 0.779. The molecule has 0 bridgehead atoms. The zero-order valence-corrected chi connectivity index (χ0v) is 74.5. The van der Waals surface area contributed by atoms with Crippen molar-refractivity contribution < 1.29 is 0 Å². The molecule has 0 aromatic heterocycles. The lowest BCUT2D eigenvalue weighted by Gasteiger charge is -2.48. The van der Waals surface area contributed by atoms with Crippen molar-refractivity contribution in [2.75, 3.05) is 39.2 Å². The van der Waals surface area contributed by atoms with Gasteiger partial charge in [-0.05, 0) is 277 Å². The summed E-state index contributed by atoms with van der Waals surface area (Å²) in [5.41, 5.74) is 41.3. The maximum absolute atomic E-state index is 2.67. The molecule has 4 aliphatic rings. The van der Waals surface area contributed by atoms with E-state index in [4.69, 9.17) is 0 Å². The average Bonchev–Trinajstić information content (AvgIpc) is 0.678. The highest BCUT2D eigenvalue weighted by atomic mass is 15.2. The van der Waals surface area contributed by atoms with E-state index in [1.165, 1.54) is 32.8 Å². The lowest BCUT2D eigenvalue weighted by Crippen LogP contribution is -2.65. The Morgan fingerprint density at radius 1 is 0.125 bits per heavy atom. The molecular weight excluding hydrogens is 1650 g/mol. The first-order valence-electron chi connectivity index (χ1n) is 46.8. The molecule has 638 valence electrons. The van der Waals surface area contributed by atoms with Gasteiger partial charge in [0.05, 0.1) is 11.4 Å². The molecule has 0 unspecified atom stereocenters. The largest absolute Gasteiger partial charge is 0.311 e.